The first-order valence-electron chi connectivity index (χ1n) is 21.8. The minimum absolute atomic E-state index is 0. The van der Waals surface area contributed by atoms with Crippen LogP contribution in [0.1, 0.15) is 49.4 Å². The zero-order valence-corrected chi connectivity index (χ0v) is 45.5. The molecule has 2 saturated heterocycles. The lowest BCUT2D eigenvalue weighted by atomic mass is 10.2. The third-order valence-corrected chi connectivity index (χ3v) is 14.2. The van der Waals surface area contributed by atoms with Gasteiger partial charge in [-0.05, 0) is 80.2 Å². The standard InChI is InChI=1S/C22H19ClN8O3S.C16H15ClN4O.C6H5ClN4O2S.ClH.2H2S/c1-35(33,34)21-25-17-9-11-24-31(17)22(26-21)28-12-5-8-16(28)19-27-29-13-10-15(23)18(29)20(32)30(19)14-6-3-2-4-7-14;17-12-8-10-20-14(12)16(22)21(11-5-2-1-3-6-11)15(19-20)13-7-4-9-18-13;1-14(12,13)6-9-4-2-3-8-11(4)5(7)10-6;;;/h2-4,6-7,9-11,13,16H,5,8,12H2,1H3;1-3,5-6,8,10,13,18H,4,7,9H2;2-3H,1H3;1H;2*1H2/t16-;13-;;;;/m00..../s1. The summed E-state index contributed by atoms with van der Waals surface area (Å²) in [6, 6.07) is 25.0. The largest absolute Gasteiger partial charge is 0.330 e. The number of hydrogen-bond donors (Lipinski definition) is 1. The van der Waals surface area contributed by atoms with Crippen LogP contribution in [0.5, 0.6) is 0 Å². The first-order valence-corrected chi connectivity index (χ1v) is 26.7. The van der Waals surface area contributed by atoms with E-state index in [1.165, 1.54) is 25.9 Å². The summed E-state index contributed by atoms with van der Waals surface area (Å²) in [5.41, 5.74) is 2.42. The first-order chi connectivity index (χ1) is 34.1. The molecule has 8 aromatic heterocycles. The average Bonchev–Trinajstić information content (AvgIpc) is 4.22. The van der Waals surface area contributed by atoms with Gasteiger partial charge in [0.1, 0.15) is 11.0 Å². The molecule has 2 atom stereocenters. The van der Waals surface area contributed by atoms with Crippen molar-refractivity contribution in [1.29, 1.82) is 0 Å². The van der Waals surface area contributed by atoms with E-state index in [-0.39, 0.29) is 83.7 Å². The molecule has 2 aliphatic heterocycles. The van der Waals surface area contributed by atoms with Crippen LogP contribution in [0.2, 0.25) is 15.3 Å². The van der Waals surface area contributed by atoms with Gasteiger partial charge in [-0.25, -0.2) is 25.9 Å². The zero-order chi connectivity index (χ0) is 49.8. The normalized spacial score (nSPS) is 15.5. The van der Waals surface area contributed by atoms with Gasteiger partial charge in [0, 0.05) is 43.6 Å². The van der Waals surface area contributed by atoms with E-state index in [0.717, 1.165) is 49.8 Å². The van der Waals surface area contributed by atoms with Gasteiger partial charge in [0.25, 0.3) is 21.4 Å². The maximum absolute atomic E-state index is 13.7. The van der Waals surface area contributed by atoms with Crippen molar-refractivity contribution in [3.63, 3.8) is 0 Å². The summed E-state index contributed by atoms with van der Waals surface area (Å²) in [5, 5.41) is 21.1. The Labute approximate surface area is 456 Å². The zero-order valence-electron chi connectivity index (χ0n) is 38.8. The van der Waals surface area contributed by atoms with E-state index in [4.69, 9.17) is 39.9 Å². The monoisotopic (exact) mass is 1160 g/mol. The van der Waals surface area contributed by atoms with Crippen molar-refractivity contribution in [1.82, 2.24) is 72.8 Å². The number of hydrogen-bond acceptors (Lipinski definition) is 16. The average molecular weight is 1160 g/mol. The summed E-state index contributed by atoms with van der Waals surface area (Å²) in [6.07, 6.45) is 12.0. The number of aromatic nitrogens is 14. The van der Waals surface area contributed by atoms with Gasteiger partial charge in [0.15, 0.2) is 22.9 Å². The number of rotatable bonds is 7. The van der Waals surface area contributed by atoms with Crippen LogP contribution < -0.4 is 21.3 Å². The quantitative estimate of drug-likeness (QED) is 0.201. The predicted molar refractivity (Wildman–Crippen MR) is 292 cm³/mol. The Morgan fingerprint density at radius 1 is 0.608 bits per heavy atom. The van der Waals surface area contributed by atoms with Crippen LogP contribution in [0.25, 0.3) is 33.7 Å². The Bertz CT molecular complexity index is 4020. The van der Waals surface area contributed by atoms with Crippen molar-refractivity contribution in [3.8, 4) is 11.4 Å². The molecule has 1 N–H and O–H groups in total. The molecule has 0 spiro atoms. The van der Waals surface area contributed by atoms with Gasteiger partial charge >= 0.3 is 0 Å². The molecule has 2 fully saturated rings. The first kappa shape index (κ1) is 55.6. The molecule has 0 unspecified atom stereocenters. The molecule has 10 heterocycles. The van der Waals surface area contributed by atoms with Gasteiger partial charge in [-0.15, -0.1) is 12.4 Å². The third kappa shape index (κ3) is 10.7. The number of anilines is 1. The molecule has 30 heteroatoms. The summed E-state index contributed by atoms with van der Waals surface area (Å²) in [7, 11) is -7.11. The van der Waals surface area contributed by atoms with E-state index in [0.29, 0.717) is 57.3 Å². The highest BCUT2D eigenvalue weighted by Gasteiger charge is 2.35. The summed E-state index contributed by atoms with van der Waals surface area (Å²) in [6.45, 7) is 1.51. The van der Waals surface area contributed by atoms with Crippen LogP contribution in [-0.2, 0) is 19.7 Å². The van der Waals surface area contributed by atoms with Crippen LogP contribution >= 0.6 is 74.2 Å². The lowest BCUT2D eigenvalue weighted by Crippen LogP contribution is -2.34. The van der Waals surface area contributed by atoms with Crippen LogP contribution in [0.15, 0.2) is 130 Å². The van der Waals surface area contributed by atoms with Crippen LogP contribution in [0.3, 0.4) is 0 Å². The van der Waals surface area contributed by atoms with Crippen molar-refractivity contribution in [2.24, 2.45) is 0 Å². The molecular weight excluding hydrogens is 1120 g/mol. The lowest BCUT2D eigenvalue weighted by Gasteiger charge is -2.27. The maximum atomic E-state index is 13.7. The molecular formula is C44H44Cl4N16O6S4. The van der Waals surface area contributed by atoms with Gasteiger partial charge < -0.3 is 10.2 Å². The van der Waals surface area contributed by atoms with E-state index < -0.39 is 19.7 Å². The van der Waals surface area contributed by atoms with Gasteiger partial charge in [0.05, 0.1) is 45.9 Å². The molecule has 2 aliphatic rings. The number of fused-ring (bicyclic) bond motifs is 4. The van der Waals surface area contributed by atoms with E-state index in [9.17, 15) is 26.4 Å². The van der Waals surface area contributed by atoms with Crippen molar-refractivity contribution in [3.05, 3.63) is 157 Å². The molecule has 2 aromatic carbocycles. The van der Waals surface area contributed by atoms with Crippen molar-refractivity contribution < 1.29 is 16.8 Å². The van der Waals surface area contributed by atoms with E-state index in [1.807, 2.05) is 65.6 Å². The minimum Gasteiger partial charge on any atom is -0.330 e. The van der Waals surface area contributed by atoms with Gasteiger partial charge in [-0.2, -0.15) is 76.4 Å². The van der Waals surface area contributed by atoms with E-state index >= 15 is 0 Å². The van der Waals surface area contributed by atoms with Gasteiger partial charge in [-0.3, -0.25) is 18.7 Å². The number of nitrogens with one attached hydrogen (secondary N) is 1. The Morgan fingerprint density at radius 3 is 1.64 bits per heavy atom. The SMILES string of the molecule is CS(=O)(=O)c1nc(Cl)n2nccc2n1.CS(=O)(=O)c1nc(N2CCC[C@H]2c2nn3ccc(Cl)c3c(=O)n2-c2ccccc2)n2nccc2n1.Cl.O=c1c2c(Cl)ccn2nc([C@@H]2CCCN2)n1-c1ccccc1.S.S. The second kappa shape index (κ2) is 22.4. The molecule has 22 nitrogen and oxygen atoms in total. The topological polar surface area (TPSA) is 248 Å². The fourth-order valence-electron chi connectivity index (χ4n) is 8.45. The highest BCUT2D eigenvalue weighted by molar-refractivity contribution is 7.90. The highest BCUT2D eigenvalue weighted by atomic mass is 35.5. The van der Waals surface area contributed by atoms with Crippen LogP contribution in [0.4, 0.5) is 5.95 Å². The lowest BCUT2D eigenvalue weighted by molar-refractivity contribution is 0.560. The molecule has 0 aliphatic carbocycles. The Kier molecular flexibility index (Phi) is 16.8. The summed E-state index contributed by atoms with van der Waals surface area (Å²) in [4.78, 5) is 44.5. The van der Waals surface area contributed by atoms with Crippen LogP contribution in [0, 0.1) is 0 Å². The Hall–Kier alpha value is -6.10. The Balaban J connectivity index is 0.000000176. The summed E-state index contributed by atoms with van der Waals surface area (Å²) >= 11 is 18.2. The van der Waals surface area contributed by atoms with Crippen molar-refractivity contribution in [2.75, 3.05) is 30.5 Å². The molecule has 0 bridgehead atoms. The number of para-hydroxylation sites is 2. The second-order valence-corrected chi connectivity index (χ2v) is 21.4. The molecule has 0 amide bonds. The van der Waals surface area contributed by atoms with Crippen LogP contribution in [-0.4, -0.2) is 110 Å². The van der Waals surface area contributed by atoms with Gasteiger partial charge in [0.2, 0.25) is 30.9 Å². The number of nitrogens with zero attached hydrogens (tertiary/aromatic N) is 15. The molecule has 388 valence electrons. The number of benzene rings is 2. The molecule has 10 aromatic rings. The van der Waals surface area contributed by atoms with Crippen molar-refractivity contribution in [2.45, 2.75) is 48.1 Å². The highest BCUT2D eigenvalue weighted by Crippen LogP contribution is 2.36. The summed E-state index contributed by atoms with van der Waals surface area (Å²) < 4.78 is 55.9. The Morgan fingerprint density at radius 2 is 1.11 bits per heavy atom. The number of halogens is 4. The third-order valence-electron chi connectivity index (χ3n) is 11.6. The molecule has 0 radical (unpaired) electrons. The van der Waals surface area contributed by atoms with E-state index in [1.54, 1.807) is 50.3 Å². The fraction of sp³-hybridized carbons (Fsp3) is 0.227. The predicted octanol–water partition coefficient (Wildman–Crippen LogP) is 5.71. The smallest absolute Gasteiger partial charge is 0.284 e. The van der Waals surface area contributed by atoms with Gasteiger partial charge in [-0.1, -0.05) is 59.6 Å². The molecule has 12 rings (SSSR count). The molecule has 74 heavy (non-hydrogen) atoms. The number of sulfone groups is 2. The maximum Gasteiger partial charge on any atom is 0.284 e. The fourth-order valence-corrected chi connectivity index (χ4v) is 10.2. The van der Waals surface area contributed by atoms with E-state index in [2.05, 4.69) is 40.5 Å². The second-order valence-electron chi connectivity index (χ2n) is 16.4. The molecule has 0 saturated carbocycles. The minimum atomic E-state index is -3.67. The van der Waals surface area contributed by atoms with Crippen molar-refractivity contribution >= 4 is 122 Å². The summed E-state index contributed by atoms with van der Waals surface area (Å²) in [5.74, 6) is 1.54.